The van der Waals surface area contributed by atoms with Crippen molar-refractivity contribution in [2.45, 2.75) is 26.4 Å². The number of ether oxygens (including phenoxy) is 1. The van der Waals surface area contributed by atoms with Gasteiger partial charge in [-0.05, 0) is 48.3 Å². The molecule has 0 aromatic carbocycles. The third kappa shape index (κ3) is 4.80. The fourth-order valence-corrected chi connectivity index (χ4v) is 3.02. The van der Waals surface area contributed by atoms with Gasteiger partial charge < -0.3 is 10.1 Å². The highest BCUT2D eigenvalue weighted by Gasteiger charge is 2.02. The largest absolute Gasteiger partial charge is 0.475 e. The van der Waals surface area contributed by atoms with E-state index in [-0.39, 0.29) is 6.10 Å². The number of thiophene rings is 1. The van der Waals surface area contributed by atoms with Gasteiger partial charge in [-0.3, -0.25) is 0 Å². The normalized spacial score (nSPS) is 10.7. The average Bonchev–Trinajstić information content (AvgIpc) is 2.75. The zero-order chi connectivity index (χ0) is 13.7. The summed E-state index contributed by atoms with van der Waals surface area (Å²) in [7, 11) is 0. The van der Waals surface area contributed by atoms with Gasteiger partial charge in [0, 0.05) is 17.5 Å². The van der Waals surface area contributed by atoms with Crippen molar-refractivity contribution in [3.05, 3.63) is 33.2 Å². The van der Waals surface area contributed by atoms with Crippen molar-refractivity contribution < 1.29 is 4.74 Å². The molecule has 0 bridgehead atoms. The van der Waals surface area contributed by atoms with E-state index in [1.165, 1.54) is 11.2 Å². The Morgan fingerprint density at radius 1 is 1.37 bits per heavy atom. The summed E-state index contributed by atoms with van der Waals surface area (Å²) in [6, 6.07) is 6.02. The number of nitrogens with one attached hydrogen (secondary N) is 1. The van der Waals surface area contributed by atoms with Crippen molar-refractivity contribution >= 4 is 33.1 Å². The van der Waals surface area contributed by atoms with Crippen LogP contribution in [0, 0.1) is 0 Å². The number of nitrogens with zero attached hydrogens (tertiary/aromatic N) is 2. The second-order valence-electron chi connectivity index (χ2n) is 4.29. The first kappa shape index (κ1) is 14.3. The Morgan fingerprint density at radius 2 is 2.21 bits per heavy atom. The van der Waals surface area contributed by atoms with E-state index in [1.54, 1.807) is 11.3 Å². The van der Waals surface area contributed by atoms with Crippen molar-refractivity contribution in [1.82, 2.24) is 9.97 Å². The van der Waals surface area contributed by atoms with Crippen molar-refractivity contribution in [1.29, 1.82) is 0 Å². The third-order valence-corrected chi connectivity index (χ3v) is 3.99. The first-order valence-corrected chi connectivity index (χ1v) is 7.71. The van der Waals surface area contributed by atoms with Crippen LogP contribution in [0.2, 0.25) is 0 Å². The lowest BCUT2D eigenvalue weighted by Gasteiger charge is -2.09. The van der Waals surface area contributed by atoms with Crippen molar-refractivity contribution in [2.24, 2.45) is 0 Å². The molecule has 19 heavy (non-hydrogen) atoms. The Hall–Kier alpha value is -1.14. The fraction of sp³-hybridized carbons (Fsp3) is 0.385. The molecule has 102 valence electrons. The maximum absolute atomic E-state index is 5.53. The van der Waals surface area contributed by atoms with Gasteiger partial charge in [0.25, 0.3) is 0 Å². The van der Waals surface area contributed by atoms with Crippen LogP contribution in [0.1, 0.15) is 18.7 Å². The number of aromatic nitrogens is 2. The molecule has 0 spiro atoms. The van der Waals surface area contributed by atoms with Gasteiger partial charge in [-0.1, -0.05) is 0 Å². The van der Waals surface area contributed by atoms with Crippen LogP contribution < -0.4 is 10.1 Å². The SMILES string of the molecule is CC(C)Oc1cc(NCCc2ccc(Br)s2)ncn1. The maximum Gasteiger partial charge on any atom is 0.218 e. The predicted molar refractivity (Wildman–Crippen MR) is 82.0 cm³/mol. The summed E-state index contributed by atoms with van der Waals surface area (Å²) in [5.74, 6) is 1.40. The highest BCUT2D eigenvalue weighted by Crippen LogP contribution is 2.22. The highest BCUT2D eigenvalue weighted by molar-refractivity contribution is 9.11. The van der Waals surface area contributed by atoms with Gasteiger partial charge in [0.2, 0.25) is 5.88 Å². The lowest BCUT2D eigenvalue weighted by Crippen LogP contribution is -2.09. The molecule has 1 N–H and O–H groups in total. The van der Waals surface area contributed by atoms with Crippen molar-refractivity contribution in [2.75, 3.05) is 11.9 Å². The van der Waals surface area contributed by atoms with E-state index in [2.05, 4.69) is 43.3 Å². The predicted octanol–water partition coefficient (Wildman–Crippen LogP) is 3.74. The van der Waals surface area contributed by atoms with E-state index in [9.17, 15) is 0 Å². The van der Waals surface area contributed by atoms with Crippen LogP contribution in [0.15, 0.2) is 28.3 Å². The van der Waals surface area contributed by atoms with Crippen LogP contribution in [-0.2, 0) is 6.42 Å². The standard InChI is InChI=1S/C13H16BrN3OS/c1-9(2)18-13-7-12(16-8-17-13)15-6-5-10-3-4-11(14)19-10/h3-4,7-9H,5-6H2,1-2H3,(H,15,16,17). The smallest absolute Gasteiger partial charge is 0.218 e. The van der Waals surface area contributed by atoms with E-state index < -0.39 is 0 Å². The number of rotatable bonds is 6. The van der Waals surface area contributed by atoms with Crippen LogP contribution in [0.3, 0.4) is 0 Å². The molecule has 2 aromatic rings. The molecule has 4 nitrogen and oxygen atoms in total. The Morgan fingerprint density at radius 3 is 2.89 bits per heavy atom. The lowest BCUT2D eigenvalue weighted by atomic mass is 10.3. The summed E-state index contributed by atoms with van der Waals surface area (Å²) in [4.78, 5) is 9.59. The maximum atomic E-state index is 5.53. The average molecular weight is 342 g/mol. The van der Waals surface area contributed by atoms with Crippen LogP contribution in [0.5, 0.6) is 5.88 Å². The molecule has 6 heteroatoms. The van der Waals surface area contributed by atoms with Gasteiger partial charge in [-0.15, -0.1) is 11.3 Å². The summed E-state index contributed by atoms with van der Waals surface area (Å²) >= 11 is 5.22. The lowest BCUT2D eigenvalue weighted by molar-refractivity contribution is 0.232. The van der Waals surface area contributed by atoms with E-state index >= 15 is 0 Å². The minimum Gasteiger partial charge on any atom is -0.475 e. The van der Waals surface area contributed by atoms with E-state index in [1.807, 2.05) is 19.9 Å². The molecule has 0 fully saturated rings. The summed E-state index contributed by atoms with van der Waals surface area (Å²) in [6.07, 6.45) is 2.61. The molecule has 0 saturated heterocycles. The quantitative estimate of drug-likeness (QED) is 0.869. The number of hydrogen-bond donors (Lipinski definition) is 1. The zero-order valence-corrected chi connectivity index (χ0v) is 13.3. The van der Waals surface area contributed by atoms with Gasteiger partial charge >= 0.3 is 0 Å². The van der Waals surface area contributed by atoms with Gasteiger partial charge in [-0.2, -0.15) is 0 Å². The third-order valence-electron chi connectivity index (χ3n) is 2.30. The van der Waals surface area contributed by atoms with Crippen LogP contribution in [0.4, 0.5) is 5.82 Å². The molecule has 0 unspecified atom stereocenters. The molecular formula is C13H16BrN3OS. The molecule has 2 heterocycles. The minimum absolute atomic E-state index is 0.117. The Bertz CT molecular complexity index is 530. The molecule has 0 aliphatic carbocycles. The first-order valence-electron chi connectivity index (χ1n) is 6.10. The van der Waals surface area contributed by atoms with E-state index in [0.717, 1.165) is 22.6 Å². The molecule has 0 radical (unpaired) electrons. The van der Waals surface area contributed by atoms with Crippen LogP contribution >= 0.6 is 27.3 Å². The summed E-state index contributed by atoms with van der Waals surface area (Å²) < 4.78 is 6.69. The zero-order valence-electron chi connectivity index (χ0n) is 10.9. The fourth-order valence-electron chi connectivity index (χ4n) is 1.54. The Labute approximate surface area is 125 Å². The molecule has 0 aliphatic rings. The first-order chi connectivity index (χ1) is 9.13. The van der Waals surface area contributed by atoms with Gasteiger partial charge in [-0.25, -0.2) is 9.97 Å². The van der Waals surface area contributed by atoms with Crippen molar-refractivity contribution in [3.63, 3.8) is 0 Å². The highest BCUT2D eigenvalue weighted by atomic mass is 79.9. The molecule has 0 saturated carbocycles. The van der Waals surface area contributed by atoms with Crippen LogP contribution in [0.25, 0.3) is 0 Å². The topological polar surface area (TPSA) is 47.0 Å². The number of anilines is 1. The van der Waals surface area contributed by atoms with Gasteiger partial charge in [0.1, 0.15) is 12.1 Å². The summed E-state index contributed by atoms with van der Waals surface area (Å²) in [5, 5.41) is 3.28. The van der Waals surface area contributed by atoms with Gasteiger partial charge in [0.15, 0.2) is 0 Å². The second-order valence-corrected chi connectivity index (χ2v) is 6.84. The molecular weight excluding hydrogens is 326 g/mol. The Kier molecular flexibility index (Phi) is 5.15. The molecule has 0 aliphatic heterocycles. The van der Waals surface area contributed by atoms with Gasteiger partial charge in [0.05, 0.1) is 9.89 Å². The van der Waals surface area contributed by atoms with E-state index in [0.29, 0.717) is 5.88 Å². The summed E-state index contributed by atoms with van der Waals surface area (Å²) in [6.45, 7) is 4.79. The number of halogens is 1. The van der Waals surface area contributed by atoms with E-state index in [4.69, 9.17) is 4.74 Å². The molecule has 0 atom stereocenters. The monoisotopic (exact) mass is 341 g/mol. The molecule has 0 amide bonds. The van der Waals surface area contributed by atoms with Crippen molar-refractivity contribution in [3.8, 4) is 5.88 Å². The second kappa shape index (κ2) is 6.86. The molecule has 2 rings (SSSR count). The number of hydrogen-bond acceptors (Lipinski definition) is 5. The molecule has 2 aromatic heterocycles. The Balaban J connectivity index is 1.85. The van der Waals surface area contributed by atoms with Crippen LogP contribution in [-0.4, -0.2) is 22.6 Å². The summed E-state index contributed by atoms with van der Waals surface area (Å²) in [5.41, 5.74) is 0. The minimum atomic E-state index is 0.117.